The minimum atomic E-state index is -1.11. The van der Waals surface area contributed by atoms with Gasteiger partial charge in [-0.3, -0.25) is 13.6 Å². The smallest absolute Gasteiger partial charge is 0.271 e. The van der Waals surface area contributed by atoms with Crippen molar-refractivity contribution in [3.8, 4) is 0 Å². The number of hydrogen-bond acceptors (Lipinski definition) is 5. The highest BCUT2D eigenvalue weighted by Crippen LogP contribution is 2.26. The van der Waals surface area contributed by atoms with E-state index in [9.17, 15) is 9.00 Å². The first-order valence-electron chi connectivity index (χ1n) is 9.36. The first-order valence-corrected chi connectivity index (χ1v) is 10.9. The Morgan fingerprint density at radius 1 is 1.21 bits per heavy atom. The average Bonchev–Trinajstić information content (AvgIpc) is 2.63. The third-order valence-electron chi connectivity index (χ3n) is 4.46. The van der Waals surface area contributed by atoms with Crippen LogP contribution in [-0.4, -0.2) is 23.5 Å². The number of benzene rings is 1. The maximum absolute atomic E-state index is 12.6. The Hall–Kier alpha value is -2.25. The summed E-state index contributed by atoms with van der Waals surface area (Å²) in [6, 6.07) is 7.12. The number of nitrogens with one attached hydrogen (secondary N) is 1. The molecular formula is C21H25ClN4O2S. The molecule has 0 radical (unpaired) electrons. The molecular weight excluding hydrogens is 408 g/mol. The zero-order valence-corrected chi connectivity index (χ0v) is 19.0. The van der Waals surface area contributed by atoms with Gasteiger partial charge in [-0.25, -0.2) is 4.98 Å². The van der Waals surface area contributed by atoms with Crippen molar-refractivity contribution in [2.75, 3.05) is 5.32 Å². The summed E-state index contributed by atoms with van der Waals surface area (Å²) in [6.07, 6.45) is 1.65. The lowest BCUT2D eigenvalue weighted by Crippen LogP contribution is -2.23. The predicted molar refractivity (Wildman–Crippen MR) is 120 cm³/mol. The Kier molecular flexibility index (Phi) is 5.83. The third kappa shape index (κ3) is 4.36. The molecule has 1 aromatic carbocycles. The van der Waals surface area contributed by atoms with Crippen molar-refractivity contribution in [2.45, 2.75) is 57.2 Å². The standard InChI is InChI=1S/C21H25ClN4O2S/c1-12(2)26-18-14(10-16(22)19(26)27)11-23-20(25-18)24-17-8-7-15(9-13(17)3)29(28)21(4,5)6/h7-12H,1-6H3,(H,23,24,25). The van der Waals surface area contributed by atoms with Crippen LogP contribution >= 0.6 is 11.6 Å². The SMILES string of the molecule is Cc1cc(S(=O)C(C)(C)C)ccc1Nc1ncc2cc(Cl)c(=O)n(C(C)C)c2n1. The van der Waals surface area contributed by atoms with Crippen LogP contribution in [0.2, 0.25) is 5.02 Å². The fourth-order valence-corrected chi connectivity index (χ4v) is 4.38. The molecule has 1 N–H and O–H groups in total. The predicted octanol–water partition coefficient (Wildman–Crippen LogP) is 4.98. The Morgan fingerprint density at radius 3 is 2.48 bits per heavy atom. The molecule has 3 rings (SSSR count). The Labute approximate surface area is 177 Å². The second-order valence-corrected chi connectivity index (χ2v) is 10.9. The number of pyridine rings is 1. The van der Waals surface area contributed by atoms with Crippen molar-refractivity contribution in [3.05, 3.63) is 51.4 Å². The molecule has 2 aromatic heterocycles. The maximum atomic E-state index is 12.6. The van der Waals surface area contributed by atoms with Crippen LogP contribution in [0.1, 0.15) is 46.2 Å². The van der Waals surface area contributed by atoms with Crippen LogP contribution in [0.5, 0.6) is 0 Å². The Balaban J connectivity index is 2.01. The van der Waals surface area contributed by atoms with E-state index in [2.05, 4.69) is 15.3 Å². The van der Waals surface area contributed by atoms with E-state index in [1.54, 1.807) is 16.8 Å². The Morgan fingerprint density at radius 2 is 1.90 bits per heavy atom. The van der Waals surface area contributed by atoms with E-state index in [-0.39, 0.29) is 21.4 Å². The molecule has 0 saturated carbocycles. The van der Waals surface area contributed by atoms with Crippen LogP contribution in [0.25, 0.3) is 11.0 Å². The highest BCUT2D eigenvalue weighted by Gasteiger charge is 2.21. The van der Waals surface area contributed by atoms with Gasteiger partial charge in [-0.2, -0.15) is 4.98 Å². The largest absolute Gasteiger partial charge is 0.324 e. The number of hydrogen-bond donors (Lipinski definition) is 1. The summed E-state index contributed by atoms with van der Waals surface area (Å²) in [6.45, 7) is 11.6. The molecule has 6 nitrogen and oxygen atoms in total. The summed E-state index contributed by atoms with van der Waals surface area (Å²) < 4.78 is 13.9. The number of fused-ring (bicyclic) bond motifs is 1. The normalized spacial score (nSPS) is 13.1. The molecule has 1 atom stereocenters. The van der Waals surface area contributed by atoms with E-state index in [0.717, 1.165) is 16.1 Å². The number of nitrogens with zero attached hydrogens (tertiary/aromatic N) is 3. The van der Waals surface area contributed by atoms with Gasteiger partial charge in [0.15, 0.2) is 0 Å². The van der Waals surface area contributed by atoms with E-state index >= 15 is 0 Å². The second-order valence-electron chi connectivity index (χ2n) is 8.22. The van der Waals surface area contributed by atoms with Crippen LogP contribution in [0.3, 0.4) is 0 Å². The second kappa shape index (κ2) is 7.88. The molecule has 29 heavy (non-hydrogen) atoms. The summed E-state index contributed by atoms with van der Waals surface area (Å²) in [4.78, 5) is 22.1. The molecule has 0 aliphatic heterocycles. The van der Waals surface area contributed by atoms with Crippen molar-refractivity contribution >= 4 is 45.1 Å². The zero-order chi connectivity index (χ0) is 21.5. The van der Waals surface area contributed by atoms with Crippen molar-refractivity contribution < 1.29 is 4.21 Å². The van der Waals surface area contributed by atoms with Gasteiger partial charge in [-0.1, -0.05) is 11.6 Å². The Bertz CT molecular complexity index is 1170. The molecule has 0 aliphatic carbocycles. The number of halogens is 1. The van der Waals surface area contributed by atoms with Crippen LogP contribution in [0, 0.1) is 6.92 Å². The topological polar surface area (TPSA) is 76.9 Å². The van der Waals surface area contributed by atoms with Gasteiger partial charge in [0.2, 0.25) is 5.95 Å². The van der Waals surface area contributed by atoms with E-state index in [1.807, 2.05) is 59.7 Å². The highest BCUT2D eigenvalue weighted by atomic mass is 35.5. The molecule has 8 heteroatoms. The molecule has 0 saturated heterocycles. The number of aryl methyl sites for hydroxylation is 1. The van der Waals surface area contributed by atoms with E-state index in [1.165, 1.54) is 0 Å². The molecule has 3 aromatic rings. The lowest BCUT2D eigenvalue weighted by molar-refractivity contribution is 0.595. The molecule has 0 spiro atoms. The summed E-state index contributed by atoms with van der Waals surface area (Å²) >= 11 is 6.07. The maximum Gasteiger partial charge on any atom is 0.271 e. The summed E-state index contributed by atoms with van der Waals surface area (Å²) in [5.74, 6) is 0.376. The lowest BCUT2D eigenvalue weighted by Gasteiger charge is -2.19. The van der Waals surface area contributed by atoms with Gasteiger partial charge < -0.3 is 5.32 Å². The van der Waals surface area contributed by atoms with Crippen LogP contribution in [0.15, 0.2) is 40.2 Å². The minimum Gasteiger partial charge on any atom is -0.324 e. The first kappa shape index (κ1) is 21.5. The minimum absolute atomic E-state index is 0.0974. The molecule has 0 aliphatic rings. The van der Waals surface area contributed by atoms with Crippen LogP contribution in [-0.2, 0) is 10.8 Å². The van der Waals surface area contributed by atoms with Crippen molar-refractivity contribution in [1.82, 2.24) is 14.5 Å². The number of anilines is 2. The van der Waals surface area contributed by atoms with Crippen molar-refractivity contribution in [2.24, 2.45) is 0 Å². The molecule has 1 unspecified atom stereocenters. The van der Waals surface area contributed by atoms with Crippen molar-refractivity contribution in [1.29, 1.82) is 0 Å². The van der Waals surface area contributed by atoms with Gasteiger partial charge in [0.1, 0.15) is 10.7 Å². The van der Waals surface area contributed by atoms with Crippen LogP contribution < -0.4 is 10.9 Å². The fraction of sp³-hybridized carbons (Fsp3) is 0.381. The van der Waals surface area contributed by atoms with E-state index < -0.39 is 10.8 Å². The van der Waals surface area contributed by atoms with Gasteiger partial charge in [0, 0.05) is 33.0 Å². The van der Waals surface area contributed by atoms with Crippen LogP contribution in [0.4, 0.5) is 11.6 Å². The van der Waals surface area contributed by atoms with Gasteiger partial charge in [-0.05, 0) is 71.4 Å². The average molecular weight is 433 g/mol. The quantitative estimate of drug-likeness (QED) is 0.628. The first-order chi connectivity index (χ1) is 13.5. The molecule has 0 amide bonds. The molecule has 0 bridgehead atoms. The van der Waals surface area contributed by atoms with Gasteiger partial charge >= 0.3 is 0 Å². The molecule has 0 fully saturated rings. The summed E-state index contributed by atoms with van der Waals surface area (Å²) in [5, 5.41) is 4.04. The lowest BCUT2D eigenvalue weighted by atomic mass is 10.2. The zero-order valence-electron chi connectivity index (χ0n) is 17.4. The molecule has 154 valence electrons. The van der Waals surface area contributed by atoms with E-state index in [4.69, 9.17) is 11.6 Å². The van der Waals surface area contributed by atoms with Gasteiger partial charge in [0.05, 0.1) is 10.8 Å². The highest BCUT2D eigenvalue weighted by molar-refractivity contribution is 7.86. The van der Waals surface area contributed by atoms with Gasteiger partial charge in [-0.15, -0.1) is 0 Å². The summed E-state index contributed by atoms with van der Waals surface area (Å²) in [5.41, 5.74) is 1.99. The van der Waals surface area contributed by atoms with Gasteiger partial charge in [0.25, 0.3) is 5.56 Å². The summed E-state index contributed by atoms with van der Waals surface area (Å²) in [7, 11) is -1.11. The molecule has 2 heterocycles. The fourth-order valence-electron chi connectivity index (χ4n) is 2.99. The van der Waals surface area contributed by atoms with Crippen molar-refractivity contribution in [3.63, 3.8) is 0 Å². The van der Waals surface area contributed by atoms with E-state index in [0.29, 0.717) is 17.0 Å². The monoisotopic (exact) mass is 432 g/mol. The number of rotatable bonds is 4. The number of aromatic nitrogens is 3. The third-order valence-corrected chi connectivity index (χ3v) is 6.53.